The van der Waals surface area contributed by atoms with Gasteiger partial charge in [0, 0.05) is 0 Å². The zero-order valence-corrected chi connectivity index (χ0v) is 10.3. The van der Waals surface area contributed by atoms with Gasteiger partial charge in [-0.25, -0.2) is 4.79 Å². The molecule has 0 aliphatic heterocycles. The molecule has 4 nitrogen and oxygen atoms in total. The highest BCUT2D eigenvalue weighted by Gasteiger charge is 2.30. The first-order chi connectivity index (χ1) is 7.83. The molecule has 0 saturated carbocycles. The van der Waals surface area contributed by atoms with Gasteiger partial charge in [-0.05, 0) is 30.5 Å². The molecule has 1 atom stereocenters. The van der Waals surface area contributed by atoms with Crippen LogP contribution in [-0.2, 0) is 4.79 Å². The number of aliphatic hydroxyl groups is 1. The summed E-state index contributed by atoms with van der Waals surface area (Å²) in [6, 6.07) is 7.42. The Kier molecular flexibility index (Phi) is 4.12. The molecule has 0 spiro atoms. The molecule has 0 aliphatic rings. The van der Waals surface area contributed by atoms with Gasteiger partial charge in [-0.1, -0.05) is 26.0 Å². The van der Waals surface area contributed by atoms with E-state index in [2.05, 4.69) is 13.8 Å². The number of carboxylic acid groups (broad SMARTS) is 1. The maximum atomic E-state index is 10.7. The molecule has 0 amide bonds. The van der Waals surface area contributed by atoms with Crippen molar-refractivity contribution in [2.75, 3.05) is 6.61 Å². The van der Waals surface area contributed by atoms with Gasteiger partial charge in [0.25, 0.3) is 0 Å². The van der Waals surface area contributed by atoms with Crippen molar-refractivity contribution < 1.29 is 19.7 Å². The second kappa shape index (κ2) is 5.19. The summed E-state index contributed by atoms with van der Waals surface area (Å²) in [5, 5.41) is 18.2. The van der Waals surface area contributed by atoms with E-state index in [1.807, 2.05) is 18.2 Å². The standard InChI is InChI=1S/C13H18O4/c1-9(2)10-5-4-6-11(7-10)17-8-13(3,16)12(14)15/h4-7,9,16H,8H2,1-3H3,(H,14,15). The van der Waals surface area contributed by atoms with Crippen LogP contribution in [0.15, 0.2) is 24.3 Å². The summed E-state index contributed by atoms with van der Waals surface area (Å²) in [6.07, 6.45) is 0. The molecule has 0 aromatic heterocycles. The molecule has 0 radical (unpaired) electrons. The average molecular weight is 238 g/mol. The third-order valence-electron chi connectivity index (χ3n) is 2.51. The summed E-state index contributed by atoms with van der Waals surface area (Å²) in [6.45, 7) is 5.06. The first-order valence-corrected chi connectivity index (χ1v) is 5.51. The highest BCUT2D eigenvalue weighted by Crippen LogP contribution is 2.21. The molecular weight excluding hydrogens is 220 g/mol. The van der Waals surface area contributed by atoms with Crippen molar-refractivity contribution in [3.8, 4) is 5.75 Å². The van der Waals surface area contributed by atoms with E-state index < -0.39 is 11.6 Å². The van der Waals surface area contributed by atoms with Crippen LogP contribution in [0, 0.1) is 0 Å². The fourth-order valence-electron chi connectivity index (χ4n) is 1.25. The van der Waals surface area contributed by atoms with Gasteiger partial charge in [0.15, 0.2) is 5.60 Å². The first kappa shape index (κ1) is 13.5. The van der Waals surface area contributed by atoms with E-state index in [1.54, 1.807) is 6.07 Å². The summed E-state index contributed by atoms with van der Waals surface area (Å²) in [5.74, 6) is -0.353. The third kappa shape index (κ3) is 3.75. The highest BCUT2D eigenvalue weighted by atomic mass is 16.5. The number of carboxylic acids is 1. The lowest BCUT2D eigenvalue weighted by molar-refractivity contribution is -0.159. The topological polar surface area (TPSA) is 66.8 Å². The molecule has 1 aromatic rings. The Morgan fingerprint density at radius 3 is 2.65 bits per heavy atom. The molecular formula is C13H18O4. The summed E-state index contributed by atoms with van der Waals surface area (Å²) in [5.41, 5.74) is -0.758. The van der Waals surface area contributed by atoms with Crippen LogP contribution in [0.1, 0.15) is 32.3 Å². The van der Waals surface area contributed by atoms with E-state index in [9.17, 15) is 9.90 Å². The van der Waals surface area contributed by atoms with Crippen molar-refractivity contribution in [3.63, 3.8) is 0 Å². The number of carbonyl (C=O) groups is 1. The van der Waals surface area contributed by atoms with Crippen molar-refractivity contribution in [2.45, 2.75) is 32.3 Å². The Labute approximate surface area is 101 Å². The van der Waals surface area contributed by atoms with Gasteiger partial charge >= 0.3 is 5.97 Å². The van der Waals surface area contributed by atoms with Crippen molar-refractivity contribution in [1.29, 1.82) is 0 Å². The van der Waals surface area contributed by atoms with E-state index in [0.717, 1.165) is 5.56 Å². The first-order valence-electron chi connectivity index (χ1n) is 5.51. The van der Waals surface area contributed by atoms with Gasteiger partial charge in [-0.3, -0.25) is 0 Å². The minimum atomic E-state index is -1.87. The number of hydrogen-bond acceptors (Lipinski definition) is 3. The van der Waals surface area contributed by atoms with Crippen LogP contribution in [0.3, 0.4) is 0 Å². The van der Waals surface area contributed by atoms with Crippen LogP contribution in [0.4, 0.5) is 0 Å². The maximum absolute atomic E-state index is 10.7. The molecule has 0 aliphatic carbocycles. The number of rotatable bonds is 5. The number of hydrogen-bond donors (Lipinski definition) is 2. The average Bonchev–Trinajstić information content (AvgIpc) is 2.26. The van der Waals surface area contributed by atoms with E-state index in [4.69, 9.17) is 9.84 Å². The monoisotopic (exact) mass is 238 g/mol. The zero-order chi connectivity index (χ0) is 13.1. The fraction of sp³-hybridized carbons (Fsp3) is 0.462. The fourth-order valence-corrected chi connectivity index (χ4v) is 1.25. The molecule has 94 valence electrons. The van der Waals surface area contributed by atoms with Crippen LogP contribution < -0.4 is 4.74 Å². The van der Waals surface area contributed by atoms with Gasteiger partial charge in [0.2, 0.25) is 0 Å². The number of benzene rings is 1. The molecule has 4 heteroatoms. The van der Waals surface area contributed by atoms with Gasteiger partial charge in [-0.15, -0.1) is 0 Å². The third-order valence-corrected chi connectivity index (χ3v) is 2.51. The molecule has 1 rings (SSSR count). The Morgan fingerprint density at radius 2 is 2.12 bits per heavy atom. The molecule has 1 unspecified atom stereocenters. The van der Waals surface area contributed by atoms with Gasteiger partial charge < -0.3 is 14.9 Å². The normalized spacial score (nSPS) is 14.4. The smallest absolute Gasteiger partial charge is 0.339 e. The molecule has 1 aromatic carbocycles. The van der Waals surface area contributed by atoms with Crippen molar-refractivity contribution in [1.82, 2.24) is 0 Å². The summed E-state index contributed by atoms with van der Waals surface area (Å²) >= 11 is 0. The van der Waals surface area contributed by atoms with Crippen LogP contribution >= 0.6 is 0 Å². The largest absolute Gasteiger partial charge is 0.490 e. The van der Waals surface area contributed by atoms with Crippen molar-refractivity contribution in [2.24, 2.45) is 0 Å². The summed E-state index contributed by atoms with van der Waals surface area (Å²) < 4.78 is 5.29. The quantitative estimate of drug-likeness (QED) is 0.823. The predicted octanol–water partition coefficient (Wildman–Crippen LogP) is 2.02. The van der Waals surface area contributed by atoms with Gasteiger partial charge in [-0.2, -0.15) is 0 Å². The molecule has 0 saturated heterocycles. The van der Waals surface area contributed by atoms with Crippen LogP contribution in [0.25, 0.3) is 0 Å². The molecule has 2 N–H and O–H groups in total. The Bertz CT molecular complexity index is 396. The second-order valence-electron chi connectivity index (χ2n) is 4.59. The Hall–Kier alpha value is -1.55. The molecule has 0 heterocycles. The Balaban J connectivity index is 2.70. The SMILES string of the molecule is CC(C)c1cccc(OCC(C)(O)C(=O)O)c1. The van der Waals surface area contributed by atoms with Crippen LogP contribution in [0.2, 0.25) is 0 Å². The Morgan fingerprint density at radius 1 is 1.47 bits per heavy atom. The lowest BCUT2D eigenvalue weighted by Crippen LogP contribution is -2.41. The minimum absolute atomic E-state index is 0.274. The van der Waals surface area contributed by atoms with Gasteiger partial charge in [0.05, 0.1) is 0 Å². The maximum Gasteiger partial charge on any atom is 0.339 e. The van der Waals surface area contributed by atoms with Gasteiger partial charge in [0.1, 0.15) is 12.4 Å². The number of aliphatic carboxylic acids is 1. The lowest BCUT2D eigenvalue weighted by atomic mass is 10.0. The van der Waals surface area contributed by atoms with E-state index in [0.29, 0.717) is 11.7 Å². The highest BCUT2D eigenvalue weighted by molar-refractivity contribution is 5.76. The molecule has 0 fully saturated rings. The minimum Gasteiger partial charge on any atom is -0.490 e. The van der Waals surface area contributed by atoms with Crippen LogP contribution in [0.5, 0.6) is 5.75 Å². The zero-order valence-electron chi connectivity index (χ0n) is 10.3. The summed E-state index contributed by atoms with van der Waals surface area (Å²) in [4.78, 5) is 10.7. The lowest BCUT2D eigenvalue weighted by Gasteiger charge is -2.18. The van der Waals surface area contributed by atoms with Crippen LogP contribution in [-0.4, -0.2) is 28.4 Å². The number of ether oxygens (including phenoxy) is 1. The van der Waals surface area contributed by atoms with E-state index >= 15 is 0 Å². The van der Waals surface area contributed by atoms with E-state index in [1.165, 1.54) is 6.92 Å². The second-order valence-corrected chi connectivity index (χ2v) is 4.59. The summed E-state index contributed by atoms with van der Waals surface area (Å²) in [7, 11) is 0. The molecule has 0 bridgehead atoms. The predicted molar refractivity (Wildman–Crippen MR) is 64.3 cm³/mol. The molecule has 17 heavy (non-hydrogen) atoms. The van der Waals surface area contributed by atoms with Crippen molar-refractivity contribution >= 4 is 5.97 Å². The van der Waals surface area contributed by atoms with E-state index in [-0.39, 0.29) is 6.61 Å². The van der Waals surface area contributed by atoms with Crippen molar-refractivity contribution in [3.05, 3.63) is 29.8 Å².